The number of aryl methyl sites for hydroxylation is 1. The molecule has 2 amide bonds. The summed E-state index contributed by atoms with van der Waals surface area (Å²) < 4.78 is 3.96. The van der Waals surface area contributed by atoms with Gasteiger partial charge in [0, 0.05) is 30.5 Å². The SMILES string of the molecule is CC[C@H](Cn1ccnc1)NC(=O)Nc1c(C)cnn1C1CCCC1. The van der Waals surface area contributed by atoms with Crippen molar-refractivity contribution in [2.24, 2.45) is 0 Å². The lowest BCUT2D eigenvalue weighted by Crippen LogP contribution is -2.40. The second kappa shape index (κ2) is 7.51. The van der Waals surface area contributed by atoms with Crippen LogP contribution in [0.3, 0.4) is 0 Å². The van der Waals surface area contributed by atoms with Crippen molar-refractivity contribution in [2.45, 2.75) is 64.6 Å². The molecule has 2 heterocycles. The first kappa shape index (κ1) is 16.5. The summed E-state index contributed by atoms with van der Waals surface area (Å²) in [6, 6.07) is 0.286. The summed E-state index contributed by atoms with van der Waals surface area (Å²) >= 11 is 0. The number of amides is 2. The van der Waals surface area contributed by atoms with Gasteiger partial charge in [-0.25, -0.2) is 14.5 Å². The van der Waals surface area contributed by atoms with E-state index in [1.807, 2.05) is 28.6 Å². The molecule has 2 aromatic heterocycles. The number of carbonyl (C=O) groups excluding carboxylic acids is 1. The van der Waals surface area contributed by atoms with Gasteiger partial charge in [0.05, 0.1) is 18.6 Å². The first-order chi connectivity index (χ1) is 11.7. The summed E-state index contributed by atoms with van der Waals surface area (Å²) in [4.78, 5) is 16.5. The minimum absolute atomic E-state index is 0.0577. The number of anilines is 1. The van der Waals surface area contributed by atoms with E-state index in [4.69, 9.17) is 0 Å². The van der Waals surface area contributed by atoms with Crippen LogP contribution >= 0.6 is 0 Å². The first-order valence-corrected chi connectivity index (χ1v) is 8.74. The van der Waals surface area contributed by atoms with Crippen LogP contribution in [0.4, 0.5) is 10.6 Å². The van der Waals surface area contributed by atoms with Gasteiger partial charge in [-0.3, -0.25) is 5.32 Å². The summed E-state index contributed by atoms with van der Waals surface area (Å²) in [7, 11) is 0. The third kappa shape index (κ3) is 3.77. The lowest BCUT2D eigenvalue weighted by Gasteiger charge is -2.20. The van der Waals surface area contributed by atoms with Gasteiger partial charge in [-0.2, -0.15) is 5.10 Å². The van der Waals surface area contributed by atoms with Crippen molar-refractivity contribution < 1.29 is 4.79 Å². The standard InChI is InChI=1S/C17H26N6O/c1-3-14(11-22-9-8-18-12-22)20-17(24)21-16-13(2)10-19-23(16)15-6-4-5-7-15/h8-10,12,14-15H,3-7,11H2,1-2H3,(H2,20,21,24)/t14-/m1/s1. The van der Waals surface area contributed by atoms with Crippen LogP contribution in [0.25, 0.3) is 0 Å². The van der Waals surface area contributed by atoms with Crippen LogP contribution in [0.5, 0.6) is 0 Å². The molecule has 1 atom stereocenters. The molecular weight excluding hydrogens is 304 g/mol. The number of aromatic nitrogens is 4. The summed E-state index contributed by atoms with van der Waals surface area (Å²) in [5.74, 6) is 0.817. The van der Waals surface area contributed by atoms with Gasteiger partial charge in [-0.15, -0.1) is 0 Å². The van der Waals surface area contributed by atoms with Gasteiger partial charge in [0.2, 0.25) is 0 Å². The van der Waals surface area contributed by atoms with E-state index >= 15 is 0 Å². The molecule has 2 N–H and O–H groups in total. The molecule has 1 saturated carbocycles. The second-order valence-electron chi connectivity index (χ2n) is 6.52. The van der Waals surface area contributed by atoms with Crippen molar-refractivity contribution in [2.75, 3.05) is 5.32 Å². The van der Waals surface area contributed by atoms with E-state index < -0.39 is 0 Å². The summed E-state index contributed by atoms with van der Waals surface area (Å²) in [5, 5.41) is 10.5. The Morgan fingerprint density at radius 1 is 1.42 bits per heavy atom. The quantitative estimate of drug-likeness (QED) is 0.854. The first-order valence-electron chi connectivity index (χ1n) is 8.74. The molecule has 1 aliphatic carbocycles. The molecule has 0 radical (unpaired) electrons. The largest absolute Gasteiger partial charge is 0.335 e. The van der Waals surface area contributed by atoms with E-state index in [0.29, 0.717) is 12.6 Å². The molecule has 0 bridgehead atoms. The van der Waals surface area contributed by atoms with Crippen LogP contribution in [0.1, 0.15) is 50.6 Å². The maximum absolute atomic E-state index is 12.4. The van der Waals surface area contributed by atoms with Gasteiger partial charge in [-0.1, -0.05) is 19.8 Å². The average Bonchev–Trinajstić information content (AvgIpc) is 3.30. The molecule has 2 aromatic rings. The Morgan fingerprint density at radius 2 is 2.21 bits per heavy atom. The normalized spacial score (nSPS) is 16.2. The monoisotopic (exact) mass is 330 g/mol. The topological polar surface area (TPSA) is 76.8 Å². The minimum atomic E-state index is -0.176. The molecular formula is C17H26N6O. The zero-order chi connectivity index (χ0) is 16.9. The van der Waals surface area contributed by atoms with Crippen molar-refractivity contribution in [3.63, 3.8) is 0 Å². The fraction of sp³-hybridized carbons (Fsp3) is 0.588. The molecule has 0 aliphatic heterocycles. The predicted molar refractivity (Wildman–Crippen MR) is 92.9 cm³/mol. The molecule has 130 valence electrons. The Morgan fingerprint density at radius 3 is 2.88 bits per heavy atom. The summed E-state index contributed by atoms with van der Waals surface area (Å²) in [5.41, 5.74) is 1.000. The molecule has 7 nitrogen and oxygen atoms in total. The van der Waals surface area contributed by atoms with Crippen LogP contribution in [-0.4, -0.2) is 31.4 Å². The Balaban J connectivity index is 1.62. The van der Waals surface area contributed by atoms with Crippen molar-refractivity contribution in [3.8, 4) is 0 Å². The molecule has 0 spiro atoms. The van der Waals surface area contributed by atoms with E-state index in [-0.39, 0.29) is 12.1 Å². The maximum Gasteiger partial charge on any atom is 0.320 e. The lowest BCUT2D eigenvalue weighted by atomic mass is 10.2. The number of hydrogen-bond donors (Lipinski definition) is 2. The molecule has 1 aliphatic rings. The molecule has 0 unspecified atom stereocenters. The molecule has 7 heteroatoms. The Hall–Kier alpha value is -2.31. The van der Waals surface area contributed by atoms with Crippen molar-refractivity contribution >= 4 is 11.8 Å². The molecule has 24 heavy (non-hydrogen) atoms. The zero-order valence-electron chi connectivity index (χ0n) is 14.4. The number of nitrogens with one attached hydrogen (secondary N) is 2. The Labute approximate surface area is 142 Å². The van der Waals surface area contributed by atoms with E-state index in [2.05, 4.69) is 27.6 Å². The lowest BCUT2D eigenvalue weighted by molar-refractivity contribution is 0.246. The van der Waals surface area contributed by atoms with Crippen molar-refractivity contribution in [1.82, 2.24) is 24.6 Å². The van der Waals surface area contributed by atoms with E-state index in [0.717, 1.165) is 30.6 Å². The third-order valence-electron chi connectivity index (χ3n) is 4.70. The highest BCUT2D eigenvalue weighted by molar-refractivity contribution is 5.89. The van der Waals surface area contributed by atoms with Crippen molar-refractivity contribution in [1.29, 1.82) is 0 Å². The number of hydrogen-bond acceptors (Lipinski definition) is 3. The van der Waals surface area contributed by atoms with Crippen LogP contribution in [0, 0.1) is 6.92 Å². The van der Waals surface area contributed by atoms with E-state index in [9.17, 15) is 4.79 Å². The maximum atomic E-state index is 12.4. The van der Waals surface area contributed by atoms with Gasteiger partial charge in [0.25, 0.3) is 0 Å². The summed E-state index contributed by atoms with van der Waals surface area (Å²) in [6.07, 6.45) is 12.8. The second-order valence-corrected chi connectivity index (χ2v) is 6.52. The highest BCUT2D eigenvalue weighted by Crippen LogP contribution is 2.32. The fourth-order valence-electron chi connectivity index (χ4n) is 3.28. The molecule has 0 aromatic carbocycles. The predicted octanol–water partition coefficient (Wildman–Crippen LogP) is 3.10. The van der Waals surface area contributed by atoms with Gasteiger partial charge in [0.1, 0.15) is 5.82 Å². The van der Waals surface area contributed by atoms with E-state index in [1.165, 1.54) is 12.8 Å². The van der Waals surface area contributed by atoms with Crippen LogP contribution in [0.2, 0.25) is 0 Å². The highest BCUT2D eigenvalue weighted by atomic mass is 16.2. The van der Waals surface area contributed by atoms with Gasteiger partial charge >= 0.3 is 6.03 Å². The number of nitrogens with zero attached hydrogens (tertiary/aromatic N) is 4. The Bertz CT molecular complexity index is 657. The summed E-state index contributed by atoms with van der Waals surface area (Å²) in [6.45, 7) is 4.76. The third-order valence-corrected chi connectivity index (χ3v) is 4.70. The van der Waals surface area contributed by atoms with Gasteiger partial charge in [0.15, 0.2) is 0 Å². The smallest absolute Gasteiger partial charge is 0.320 e. The number of carbonyl (C=O) groups is 1. The highest BCUT2D eigenvalue weighted by Gasteiger charge is 2.22. The van der Waals surface area contributed by atoms with Crippen LogP contribution < -0.4 is 10.6 Å². The zero-order valence-corrected chi connectivity index (χ0v) is 14.4. The number of rotatable bonds is 6. The van der Waals surface area contributed by atoms with Crippen LogP contribution in [0.15, 0.2) is 24.9 Å². The number of urea groups is 1. The van der Waals surface area contributed by atoms with Gasteiger partial charge < -0.3 is 9.88 Å². The fourth-order valence-corrected chi connectivity index (χ4v) is 3.28. The molecule has 3 rings (SSSR count). The Kier molecular flexibility index (Phi) is 5.17. The van der Waals surface area contributed by atoms with E-state index in [1.54, 1.807) is 12.5 Å². The van der Waals surface area contributed by atoms with Crippen molar-refractivity contribution in [3.05, 3.63) is 30.5 Å². The molecule has 1 fully saturated rings. The number of imidazole rings is 1. The average molecular weight is 330 g/mol. The minimum Gasteiger partial charge on any atom is -0.335 e. The van der Waals surface area contributed by atoms with Gasteiger partial charge in [-0.05, 0) is 26.2 Å². The molecule has 0 saturated heterocycles. The van der Waals surface area contributed by atoms with Crippen LogP contribution in [-0.2, 0) is 6.54 Å².